The Balaban J connectivity index is 0.000000178. The van der Waals surface area contributed by atoms with Crippen LogP contribution in [0.1, 0.15) is 33.4 Å². The highest BCUT2D eigenvalue weighted by atomic mass is 35.5. The zero-order chi connectivity index (χ0) is 27.4. The van der Waals surface area contributed by atoms with E-state index in [-0.39, 0.29) is 12.1 Å². The summed E-state index contributed by atoms with van der Waals surface area (Å²) in [4.78, 5) is 19.0. The van der Waals surface area contributed by atoms with Gasteiger partial charge in [-0.3, -0.25) is 4.98 Å². The average molecular weight is 587 g/mol. The molecule has 11 heteroatoms. The van der Waals surface area contributed by atoms with Gasteiger partial charge in [-0.25, -0.2) is 9.97 Å². The van der Waals surface area contributed by atoms with E-state index in [4.69, 9.17) is 47.6 Å². The highest BCUT2D eigenvalue weighted by Gasteiger charge is 2.29. The smallest absolute Gasteiger partial charge is 0.155 e. The maximum atomic E-state index is 6.02. The third-order valence-electron chi connectivity index (χ3n) is 6.19. The quantitative estimate of drug-likeness (QED) is 0.193. The van der Waals surface area contributed by atoms with Crippen molar-refractivity contribution in [1.82, 2.24) is 15.0 Å². The van der Waals surface area contributed by atoms with Crippen molar-refractivity contribution < 1.29 is 0 Å². The Morgan fingerprint density at radius 2 is 1.42 bits per heavy atom. The number of hydrogen-bond donors (Lipinski definition) is 2. The number of aromatic nitrogens is 3. The molecule has 0 amide bonds. The molecule has 2 atom stereocenters. The summed E-state index contributed by atoms with van der Waals surface area (Å²) in [7, 11) is 0. The van der Waals surface area contributed by atoms with Gasteiger partial charge in [-0.15, -0.1) is 0 Å². The van der Waals surface area contributed by atoms with E-state index in [0.717, 1.165) is 45.2 Å². The Morgan fingerprint density at radius 3 is 1.95 bits per heavy atom. The first kappa shape index (κ1) is 28.2. The number of rotatable bonds is 4. The molecule has 0 bridgehead atoms. The molecule has 198 valence electrons. The number of nitrogens with zero attached hydrogens (tertiary/aromatic N) is 5. The second-order valence-corrected chi connectivity index (χ2v) is 10.9. The molecule has 0 saturated heterocycles. The van der Waals surface area contributed by atoms with E-state index in [1.165, 1.54) is 5.57 Å². The summed E-state index contributed by atoms with van der Waals surface area (Å²) in [5, 5.41) is 7.37. The first-order chi connectivity index (χ1) is 18.1. The molecule has 2 N–H and O–H groups in total. The van der Waals surface area contributed by atoms with Crippen molar-refractivity contribution in [3.05, 3.63) is 76.3 Å². The summed E-state index contributed by atoms with van der Waals surface area (Å²) in [6, 6.07) is 13.4. The van der Waals surface area contributed by atoms with Crippen LogP contribution in [0.4, 0.5) is 23.0 Å². The number of nitrogens with one attached hydrogen (secondary N) is 2. The molecule has 0 aromatic carbocycles. The van der Waals surface area contributed by atoms with Crippen LogP contribution in [0, 0.1) is 0 Å². The second-order valence-electron chi connectivity index (χ2n) is 9.22. The molecule has 2 aliphatic heterocycles. The van der Waals surface area contributed by atoms with Gasteiger partial charge in [0.05, 0.1) is 35.7 Å². The molecule has 0 aliphatic carbocycles. The predicted molar refractivity (Wildman–Crippen MR) is 167 cm³/mol. The van der Waals surface area contributed by atoms with Crippen molar-refractivity contribution in [2.75, 3.05) is 27.0 Å². The lowest BCUT2D eigenvalue weighted by Gasteiger charge is -2.36. The molecular formula is C27H29Cl2N7S2. The maximum absolute atomic E-state index is 6.02. The summed E-state index contributed by atoms with van der Waals surface area (Å²) in [6.07, 6.45) is 3.95. The molecule has 7 nitrogen and oxygen atoms in total. The van der Waals surface area contributed by atoms with Gasteiger partial charge in [-0.2, -0.15) is 0 Å². The normalized spacial score (nSPS) is 17.8. The number of pyridine rings is 3. The number of allylic oxidation sites excluding steroid dienone is 1. The number of halogens is 2. The van der Waals surface area contributed by atoms with Crippen molar-refractivity contribution in [2.24, 2.45) is 0 Å². The summed E-state index contributed by atoms with van der Waals surface area (Å²) in [5.41, 5.74) is 4.05. The van der Waals surface area contributed by atoms with Crippen molar-refractivity contribution in [2.45, 2.75) is 46.3 Å². The number of anilines is 4. The Kier molecular flexibility index (Phi) is 9.15. The van der Waals surface area contributed by atoms with Gasteiger partial charge in [0.1, 0.15) is 20.3 Å². The van der Waals surface area contributed by atoms with Crippen LogP contribution in [0.15, 0.2) is 60.3 Å². The van der Waals surface area contributed by atoms with Crippen LogP contribution in [-0.4, -0.2) is 43.6 Å². The summed E-state index contributed by atoms with van der Waals surface area (Å²) in [6.45, 7) is 9.70. The van der Waals surface area contributed by atoms with E-state index in [2.05, 4.69) is 62.2 Å². The highest BCUT2D eigenvalue weighted by molar-refractivity contribution is 7.81. The number of fused-ring (bicyclic) bond motifs is 2. The van der Waals surface area contributed by atoms with Crippen LogP contribution >= 0.6 is 47.6 Å². The van der Waals surface area contributed by atoms with Crippen LogP contribution in [0.5, 0.6) is 0 Å². The minimum atomic E-state index is 0.0467. The van der Waals surface area contributed by atoms with Crippen LogP contribution in [-0.2, 0) is 6.54 Å². The average Bonchev–Trinajstić information content (AvgIpc) is 2.89. The van der Waals surface area contributed by atoms with Gasteiger partial charge in [0.15, 0.2) is 11.6 Å². The van der Waals surface area contributed by atoms with Crippen molar-refractivity contribution in [1.29, 1.82) is 0 Å². The third kappa shape index (κ3) is 6.58. The van der Waals surface area contributed by atoms with E-state index in [0.29, 0.717) is 16.9 Å². The fourth-order valence-corrected chi connectivity index (χ4v) is 4.77. The van der Waals surface area contributed by atoms with E-state index >= 15 is 0 Å². The lowest BCUT2D eigenvalue weighted by atomic mass is 10.1. The highest BCUT2D eigenvalue weighted by Crippen LogP contribution is 2.33. The largest absolute Gasteiger partial charge is 0.345 e. The molecule has 3 aromatic heterocycles. The second kappa shape index (κ2) is 12.3. The number of thiocarbonyl (C=S) groups is 2. The van der Waals surface area contributed by atoms with Crippen molar-refractivity contribution >= 4 is 80.6 Å². The Labute approximate surface area is 244 Å². The van der Waals surface area contributed by atoms with Crippen molar-refractivity contribution in [3.63, 3.8) is 0 Å². The lowest BCUT2D eigenvalue weighted by molar-refractivity contribution is 0.730. The molecule has 0 saturated carbocycles. The van der Waals surface area contributed by atoms with E-state index in [1.54, 1.807) is 18.3 Å². The van der Waals surface area contributed by atoms with E-state index in [1.807, 2.05) is 37.3 Å². The lowest BCUT2D eigenvalue weighted by Crippen LogP contribution is -2.46. The molecule has 1 unspecified atom stereocenters. The maximum Gasteiger partial charge on any atom is 0.155 e. The first-order valence-electron chi connectivity index (χ1n) is 12.2. The zero-order valence-corrected chi connectivity index (χ0v) is 24.7. The van der Waals surface area contributed by atoms with Crippen molar-refractivity contribution in [3.8, 4) is 0 Å². The van der Waals surface area contributed by atoms with Gasteiger partial charge < -0.3 is 20.4 Å². The molecule has 5 rings (SSSR count). The van der Waals surface area contributed by atoms with Gasteiger partial charge >= 0.3 is 0 Å². The van der Waals surface area contributed by atoms with Gasteiger partial charge in [0.2, 0.25) is 0 Å². The minimum Gasteiger partial charge on any atom is -0.345 e. The molecule has 3 aromatic rings. The van der Waals surface area contributed by atoms with Crippen LogP contribution in [0.2, 0.25) is 10.3 Å². The molecular weight excluding hydrogens is 557 g/mol. The zero-order valence-electron chi connectivity index (χ0n) is 21.6. The Bertz CT molecular complexity index is 1360. The minimum absolute atomic E-state index is 0.0467. The SMILES string of the molecule is CC(C)=CCN1c2nc(Cl)ccc2NC(=S)[C@@H]1C.CC1C(=S)Nc2ccc(Cl)nc2N1Cc1ccccn1. The van der Waals surface area contributed by atoms with Crippen LogP contribution in [0.3, 0.4) is 0 Å². The molecule has 0 spiro atoms. The summed E-state index contributed by atoms with van der Waals surface area (Å²) >= 11 is 22.7. The first-order valence-corrected chi connectivity index (χ1v) is 13.7. The fourth-order valence-electron chi connectivity index (χ4n) is 4.01. The fraction of sp³-hybridized carbons (Fsp3) is 0.296. The Hall–Kier alpha value is -2.85. The third-order valence-corrected chi connectivity index (χ3v) is 7.50. The van der Waals surface area contributed by atoms with Gasteiger partial charge in [0.25, 0.3) is 0 Å². The predicted octanol–water partition coefficient (Wildman–Crippen LogP) is 6.93. The van der Waals surface area contributed by atoms with Gasteiger partial charge in [-0.05, 0) is 64.1 Å². The molecule has 2 aliphatic rings. The summed E-state index contributed by atoms with van der Waals surface area (Å²) in [5.74, 6) is 1.67. The molecule has 0 fully saturated rings. The monoisotopic (exact) mass is 585 g/mol. The van der Waals surface area contributed by atoms with Gasteiger partial charge in [0, 0.05) is 12.7 Å². The molecule has 38 heavy (non-hydrogen) atoms. The van der Waals surface area contributed by atoms with E-state index in [9.17, 15) is 0 Å². The van der Waals surface area contributed by atoms with Gasteiger partial charge in [-0.1, -0.05) is 65.4 Å². The standard InChI is InChI=1S/C14H13ClN4S.C13H16ClN3S/c1-9-14(20)17-11-5-6-12(15)18-13(11)19(9)8-10-4-2-3-7-16-10;1-8(2)6-7-17-9(3)13(18)15-10-4-5-11(14)16-12(10)17/h2-7,9H,8H2,1H3,(H,17,20);4-6,9H,7H2,1-3H3,(H,15,18)/t;9-/m.0/s1. The summed E-state index contributed by atoms with van der Waals surface area (Å²) < 4.78 is 0. The topological polar surface area (TPSA) is 69.2 Å². The Morgan fingerprint density at radius 1 is 0.868 bits per heavy atom. The molecule has 5 heterocycles. The van der Waals surface area contributed by atoms with E-state index < -0.39 is 0 Å². The van der Waals surface area contributed by atoms with Crippen LogP contribution in [0.25, 0.3) is 0 Å². The van der Waals surface area contributed by atoms with Crippen LogP contribution < -0.4 is 20.4 Å². The number of hydrogen-bond acceptors (Lipinski definition) is 7. The molecule has 0 radical (unpaired) electrons.